The van der Waals surface area contributed by atoms with E-state index in [0.29, 0.717) is 0 Å². The Kier molecular flexibility index (Phi) is 5.99. The van der Waals surface area contributed by atoms with Crippen molar-refractivity contribution in [2.75, 3.05) is 12.4 Å². The van der Waals surface area contributed by atoms with E-state index in [2.05, 4.69) is 5.32 Å². The third kappa shape index (κ3) is 3.91. The molecular formula is C12H19ClN2O2. The Morgan fingerprint density at radius 1 is 1.35 bits per heavy atom. The first-order valence-corrected chi connectivity index (χ1v) is 5.17. The van der Waals surface area contributed by atoms with Crippen molar-refractivity contribution in [3.8, 4) is 5.75 Å². The lowest BCUT2D eigenvalue weighted by atomic mass is 10.1. The predicted octanol–water partition coefficient (Wildman–Crippen LogP) is 2.02. The van der Waals surface area contributed by atoms with Crippen LogP contribution in [0.25, 0.3) is 0 Å². The largest absolute Gasteiger partial charge is 0.497 e. The summed E-state index contributed by atoms with van der Waals surface area (Å²) in [4.78, 5) is 11.5. The first-order valence-electron chi connectivity index (χ1n) is 5.17. The molecular weight excluding hydrogens is 240 g/mol. The van der Waals surface area contributed by atoms with Gasteiger partial charge in [0, 0.05) is 5.69 Å². The van der Waals surface area contributed by atoms with E-state index in [1.807, 2.05) is 26.0 Å². The highest BCUT2D eigenvalue weighted by Gasteiger charge is 2.11. The number of carbonyl (C=O) groups excluding carboxylic acids is 1. The van der Waals surface area contributed by atoms with Gasteiger partial charge in [-0.3, -0.25) is 4.79 Å². The van der Waals surface area contributed by atoms with Gasteiger partial charge in [-0.15, -0.1) is 12.4 Å². The van der Waals surface area contributed by atoms with Gasteiger partial charge in [0.15, 0.2) is 0 Å². The van der Waals surface area contributed by atoms with E-state index in [0.717, 1.165) is 22.6 Å². The van der Waals surface area contributed by atoms with Crippen LogP contribution in [0.5, 0.6) is 5.75 Å². The fourth-order valence-electron chi connectivity index (χ4n) is 1.48. The molecule has 0 fully saturated rings. The molecule has 0 saturated heterocycles. The predicted molar refractivity (Wildman–Crippen MR) is 72.0 cm³/mol. The lowest BCUT2D eigenvalue weighted by Gasteiger charge is -2.14. The SMILES string of the molecule is COc1cc(C)c(NC(=O)C(C)N)c(C)c1.Cl. The molecule has 1 aromatic rings. The van der Waals surface area contributed by atoms with Crippen molar-refractivity contribution >= 4 is 24.0 Å². The number of aryl methyl sites for hydroxylation is 2. The van der Waals surface area contributed by atoms with Crippen LogP contribution in [-0.4, -0.2) is 19.1 Å². The number of rotatable bonds is 3. The number of anilines is 1. The quantitative estimate of drug-likeness (QED) is 0.872. The van der Waals surface area contributed by atoms with Crippen molar-refractivity contribution in [1.82, 2.24) is 0 Å². The number of nitrogens with two attached hydrogens (primary N) is 1. The molecule has 0 spiro atoms. The van der Waals surface area contributed by atoms with Gasteiger partial charge in [-0.25, -0.2) is 0 Å². The zero-order valence-electron chi connectivity index (χ0n) is 10.5. The standard InChI is InChI=1S/C12H18N2O2.ClH/c1-7-5-10(16-4)6-8(2)11(7)14-12(15)9(3)13;/h5-6,9H,13H2,1-4H3,(H,14,15);1H. The first-order chi connectivity index (χ1) is 7.45. The Balaban J connectivity index is 0.00000256. The Labute approximate surface area is 108 Å². The molecule has 1 rings (SSSR count). The van der Waals surface area contributed by atoms with Gasteiger partial charge < -0.3 is 15.8 Å². The molecule has 1 aromatic carbocycles. The van der Waals surface area contributed by atoms with Crippen LogP contribution in [0.2, 0.25) is 0 Å². The molecule has 0 saturated carbocycles. The summed E-state index contributed by atoms with van der Waals surface area (Å²) in [5.74, 6) is 0.602. The van der Waals surface area contributed by atoms with Crippen LogP contribution in [0.3, 0.4) is 0 Å². The van der Waals surface area contributed by atoms with Gasteiger partial charge in [0.25, 0.3) is 0 Å². The monoisotopic (exact) mass is 258 g/mol. The molecule has 0 radical (unpaired) electrons. The Hall–Kier alpha value is -1.26. The maximum Gasteiger partial charge on any atom is 0.241 e. The number of carbonyl (C=O) groups is 1. The third-order valence-corrected chi connectivity index (χ3v) is 2.40. The molecule has 17 heavy (non-hydrogen) atoms. The van der Waals surface area contributed by atoms with E-state index in [-0.39, 0.29) is 18.3 Å². The Bertz CT molecular complexity index is 382. The number of amides is 1. The second kappa shape index (κ2) is 6.47. The molecule has 1 atom stereocenters. The molecule has 5 heteroatoms. The number of ether oxygens (including phenoxy) is 1. The number of nitrogens with one attached hydrogen (secondary N) is 1. The molecule has 0 aliphatic heterocycles. The van der Waals surface area contributed by atoms with E-state index in [9.17, 15) is 4.79 Å². The van der Waals surface area contributed by atoms with Crippen molar-refractivity contribution < 1.29 is 9.53 Å². The molecule has 1 unspecified atom stereocenters. The van der Waals surface area contributed by atoms with Crippen molar-refractivity contribution in [2.24, 2.45) is 5.73 Å². The summed E-state index contributed by atoms with van der Waals surface area (Å²) in [6, 6.07) is 3.24. The molecule has 0 aliphatic rings. The average Bonchev–Trinajstić information content (AvgIpc) is 2.22. The maximum atomic E-state index is 11.5. The van der Waals surface area contributed by atoms with Crippen molar-refractivity contribution in [2.45, 2.75) is 26.8 Å². The highest BCUT2D eigenvalue weighted by atomic mass is 35.5. The number of halogens is 1. The molecule has 1 amide bonds. The van der Waals surface area contributed by atoms with Crippen LogP contribution in [0.1, 0.15) is 18.1 Å². The second-order valence-electron chi connectivity index (χ2n) is 3.91. The number of hydrogen-bond acceptors (Lipinski definition) is 3. The topological polar surface area (TPSA) is 64.3 Å². The molecule has 0 aromatic heterocycles. The molecule has 96 valence electrons. The Morgan fingerprint density at radius 2 is 1.82 bits per heavy atom. The second-order valence-corrected chi connectivity index (χ2v) is 3.91. The summed E-state index contributed by atoms with van der Waals surface area (Å²) in [5, 5.41) is 2.81. The highest BCUT2D eigenvalue weighted by molar-refractivity contribution is 5.95. The third-order valence-electron chi connectivity index (χ3n) is 2.40. The summed E-state index contributed by atoms with van der Waals surface area (Å²) >= 11 is 0. The minimum absolute atomic E-state index is 0. The van der Waals surface area contributed by atoms with Gasteiger partial charge in [0.1, 0.15) is 5.75 Å². The van der Waals surface area contributed by atoms with Crippen LogP contribution in [0.15, 0.2) is 12.1 Å². The number of benzene rings is 1. The van der Waals surface area contributed by atoms with Crippen LogP contribution < -0.4 is 15.8 Å². The zero-order valence-corrected chi connectivity index (χ0v) is 11.4. The van der Waals surface area contributed by atoms with Crippen LogP contribution in [0.4, 0.5) is 5.69 Å². The first kappa shape index (κ1) is 15.7. The van der Waals surface area contributed by atoms with Crippen molar-refractivity contribution in [3.63, 3.8) is 0 Å². The maximum absolute atomic E-state index is 11.5. The van der Waals surface area contributed by atoms with Gasteiger partial charge in [-0.1, -0.05) is 0 Å². The molecule has 4 nitrogen and oxygen atoms in total. The fourth-order valence-corrected chi connectivity index (χ4v) is 1.48. The summed E-state index contributed by atoms with van der Waals surface area (Å²) in [5.41, 5.74) is 8.24. The lowest BCUT2D eigenvalue weighted by Crippen LogP contribution is -2.32. The van der Waals surface area contributed by atoms with Crippen LogP contribution in [0, 0.1) is 13.8 Å². The van der Waals surface area contributed by atoms with Gasteiger partial charge in [0.2, 0.25) is 5.91 Å². The van der Waals surface area contributed by atoms with E-state index in [4.69, 9.17) is 10.5 Å². The van der Waals surface area contributed by atoms with Gasteiger partial charge >= 0.3 is 0 Å². The lowest BCUT2D eigenvalue weighted by molar-refractivity contribution is -0.117. The normalized spacial score (nSPS) is 11.4. The summed E-state index contributed by atoms with van der Waals surface area (Å²) in [6.07, 6.45) is 0. The zero-order chi connectivity index (χ0) is 12.3. The minimum Gasteiger partial charge on any atom is -0.497 e. The van der Waals surface area contributed by atoms with E-state index in [1.165, 1.54) is 0 Å². The van der Waals surface area contributed by atoms with Crippen molar-refractivity contribution in [3.05, 3.63) is 23.3 Å². The van der Waals surface area contributed by atoms with Gasteiger partial charge in [0.05, 0.1) is 13.2 Å². The molecule has 0 aliphatic carbocycles. The molecule has 3 N–H and O–H groups in total. The van der Waals surface area contributed by atoms with Crippen LogP contribution >= 0.6 is 12.4 Å². The number of hydrogen-bond donors (Lipinski definition) is 2. The van der Waals surface area contributed by atoms with Crippen LogP contribution in [-0.2, 0) is 4.79 Å². The van der Waals surface area contributed by atoms with Gasteiger partial charge in [-0.05, 0) is 44.0 Å². The van der Waals surface area contributed by atoms with Crippen molar-refractivity contribution in [1.29, 1.82) is 0 Å². The Morgan fingerprint density at radius 3 is 2.18 bits per heavy atom. The summed E-state index contributed by atoms with van der Waals surface area (Å²) in [7, 11) is 1.62. The number of methoxy groups -OCH3 is 1. The van der Waals surface area contributed by atoms with E-state index < -0.39 is 6.04 Å². The van der Waals surface area contributed by atoms with Gasteiger partial charge in [-0.2, -0.15) is 0 Å². The summed E-state index contributed by atoms with van der Waals surface area (Å²) < 4.78 is 5.15. The summed E-state index contributed by atoms with van der Waals surface area (Å²) in [6.45, 7) is 5.50. The van der Waals surface area contributed by atoms with E-state index in [1.54, 1.807) is 14.0 Å². The minimum atomic E-state index is -0.513. The average molecular weight is 259 g/mol. The molecule has 0 bridgehead atoms. The smallest absolute Gasteiger partial charge is 0.241 e. The van der Waals surface area contributed by atoms with E-state index >= 15 is 0 Å². The fraction of sp³-hybridized carbons (Fsp3) is 0.417. The molecule has 0 heterocycles. The highest BCUT2D eigenvalue weighted by Crippen LogP contribution is 2.26.